The fourth-order valence-electron chi connectivity index (χ4n) is 1.86. The normalized spacial score (nSPS) is 20.8. The van der Waals surface area contributed by atoms with Crippen LogP contribution in [0, 0.1) is 5.82 Å². The molecular weight excluding hydrogens is 251 g/mol. The highest BCUT2D eigenvalue weighted by Gasteiger charge is 2.30. The highest BCUT2D eigenvalue weighted by atomic mass is 19.4. The SMILES string of the molecule is Fc1ccc([B-](F)(F)F)c(OC2CCCOC2)c1. The molecule has 2 rings (SSSR count). The summed E-state index contributed by atoms with van der Waals surface area (Å²) >= 11 is 0. The molecule has 0 radical (unpaired) electrons. The molecule has 0 spiro atoms. The molecule has 1 aliphatic rings. The lowest BCUT2D eigenvalue weighted by molar-refractivity contribution is 0.00764. The molecule has 1 saturated heterocycles. The van der Waals surface area contributed by atoms with E-state index in [0.717, 1.165) is 18.6 Å². The van der Waals surface area contributed by atoms with Crippen molar-refractivity contribution in [3.8, 4) is 5.75 Å². The highest BCUT2D eigenvalue weighted by Crippen LogP contribution is 2.22. The summed E-state index contributed by atoms with van der Waals surface area (Å²) < 4.78 is 61.6. The Bertz CT molecular complexity index is 416. The first-order chi connectivity index (χ1) is 8.47. The van der Waals surface area contributed by atoms with Crippen LogP contribution in [-0.2, 0) is 4.74 Å². The van der Waals surface area contributed by atoms with Gasteiger partial charge in [-0.3, -0.25) is 0 Å². The van der Waals surface area contributed by atoms with Crippen molar-refractivity contribution < 1.29 is 26.8 Å². The topological polar surface area (TPSA) is 18.5 Å². The minimum Gasteiger partial charge on any atom is -0.491 e. The fraction of sp³-hybridized carbons (Fsp3) is 0.455. The van der Waals surface area contributed by atoms with Gasteiger partial charge >= 0.3 is 6.98 Å². The predicted molar refractivity (Wildman–Crippen MR) is 59.6 cm³/mol. The van der Waals surface area contributed by atoms with Crippen molar-refractivity contribution in [1.29, 1.82) is 0 Å². The molecule has 0 amide bonds. The molecular formula is C11H12BF4O2-. The van der Waals surface area contributed by atoms with Gasteiger partial charge in [0.25, 0.3) is 0 Å². The van der Waals surface area contributed by atoms with Crippen molar-refractivity contribution in [1.82, 2.24) is 0 Å². The summed E-state index contributed by atoms with van der Waals surface area (Å²) in [5.41, 5.74) is -0.901. The van der Waals surface area contributed by atoms with Crippen molar-refractivity contribution in [2.75, 3.05) is 13.2 Å². The Labute approximate surface area is 102 Å². The maximum atomic E-state index is 13.0. The molecule has 1 heterocycles. The number of halogens is 4. The highest BCUT2D eigenvalue weighted by molar-refractivity contribution is 6.74. The van der Waals surface area contributed by atoms with E-state index >= 15 is 0 Å². The van der Waals surface area contributed by atoms with E-state index in [1.165, 1.54) is 0 Å². The van der Waals surface area contributed by atoms with Crippen LogP contribution in [0.5, 0.6) is 5.75 Å². The van der Waals surface area contributed by atoms with Gasteiger partial charge in [-0.05, 0) is 18.9 Å². The van der Waals surface area contributed by atoms with Gasteiger partial charge in [-0.15, -0.1) is 0 Å². The van der Waals surface area contributed by atoms with Crippen LogP contribution in [0.15, 0.2) is 18.2 Å². The zero-order chi connectivity index (χ0) is 13.2. The van der Waals surface area contributed by atoms with E-state index in [4.69, 9.17) is 9.47 Å². The van der Waals surface area contributed by atoms with E-state index in [1.54, 1.807) is 0 Å². The van der Waals surface area contributed by atoms with E-state index in [1.807, 2.05) is 0 Å². The molecule has 1 aliphatic heterocycles. The van der Waals surface area contributed by atoms with Gasteiger partial charge < -0.3 is 22.4 Å². The Kier molecular flexibility index (Phi) is 3.80. The largest absolute Gasteiger partial charge is 0.513 e. The summed E-state index contributed by atoms with van der Waals surface area (Å²) in [7, 11) is 0. The lowest BCUT2D eigenvalue weighted by Crippen LogP contribution is -2.38. The molecule has 1 atom stereocenters. The zero-order valence-electron chi connectivity index (χ0n) is 9.54. The Morgan fingerprint density at radius 1 is 1.28 bits per heavy atom. The second kappa shape index (κ2) is 5.18. The van der Waals surface area contributed by atoms with E-state index in [9.17, 15) is 17.3 Å². The first-order valence-electron chi connectivity index (χ1n) is 5.70. The lowest BCUT2D eigenvalue weighted by Gasteiger charge is -2.27. The molecule has 0 bridgehead atoms. The van der Waals surface area contributed by atoms with Gasteiger partial charge in [-0.2, -0.15) is 0 Å². The van der Waals surface area contributed by atoms with Crippen molar-refractivity contribution >= 4 is 12.4 Å². The molecule has 1 aromatic carbocycles. The van der Waals surface area contributed by atoms with Gasteiger partial charge in [0, 0.05) is 12.7 Å². The summed E-state index contributed by atoms with van der Waals surface area (Å²) in [6.45, 7) is -4.40. The van der Waals surface area contributed by atoms with Crippen LogP contribution in [0.2, 0.25) is 0 Å². The Morgan fingerprint density at radius 3 is 2.67 bits per heavy atom. The van der Waals surface area contributed by atoms with E-state index < -0.39 is 30.1 Å². The standard InChI is InChI=1S/C11H12BF4O2/c13-8-3-4-10(12(14,15)16)11(6-8)18-9-2-1-5-17-7-9/h3-4,6,9H,1-2,5,7H2/q-1. The van der Waals surface area contributed by atoms with E-state index in [2.05, 4.69) is 0 Å². The van der Waals surface area contributed by atoms with Gasteiger partial charge in [-0.1, -0.05) is 11.5 Å². The van der Waals surface area contributed by atoms with Crippen molar-refractivity contribution in [3.05, 3.63) is 24.0 Å². The van der Waals surface area contributed by atoms with Crippen LogP contribution in [0.3, 0.4) is 0 Å². The molecule has 2 nitrogen and oxygen atoms in total. The summed E-state index contributed by atoms with van der Waals surface area (Å²) in [5.74, 6) is -1.19. The van der Waals surface area contributed by atoms with Crippen molar-refractivity contribution in [2.45, 2.75) is 18.9 Å². The van der Waals surface area contributed by atoms with Crippen LogP contribution in [0.25, 0.3) is 0 Å². The fourth-order valence-corrected chi connectivity index (χ4v) is 1.86. The minimum atomic E-state index is -5.21. The maximum Gasteiger partial charge on any atom is 0.513 e. The van der Waals surface area contributed by atoms with E-state index in [0.29, 0.717) is 19.1 Å². The van der Waals surface area contributed by atoms with Gasteiger partial charge in [-0.25, -0.2) is 4.39 Å². The van der Waals surface area contributed by atoms with Gasteiger partial charge in [0.1, 0.15) is 11.9 Å². The number of hydrogen-bond donors (Lipinski definition) is 0. The lowest BCUT2D eigenvalue weighted by atomic mass is 9.79. The average molecular weight is 263 g/mol. The van der Waals surface area contributed by atoms with Crippen molar-refractivity contribution in [3.63, 3.8) is 0 Å². The summed E-state index contributed by atoms with van der Waals surface area (Å²) in [5, 5.41) is 0. The third-order valence-corrected chi connectivity index (χ3v) is 2.74. The summed E-state index contributed by atoms with van der Waals surface area (Å²) in [6.07, 6.45) is 0.894. The molecule has 18 heavy (non-hydrogen) atoms. The minimum absolute atomic E-state index is 0.237. The first kappa shape index (κ1) is 13.2. The number of hydrogen-bond acceptors (Lipinski definition) is 2. The first-order valence-corrected chi connectivity index (χ1v) is 5.70. The van der Waals surface area contributed by atoms with Gasteiger partial charge in [0.15, 0.2) is 0 Å². The van der Waals surface area contributed by atoms with Gasteiger partial charge in [0.2, 0.25) is 0 Å². The Balaban J connectivity index is 2.21. The monoisotopic (exact) mass is 263 g/mol. The molecule has 0 saturated carbocycles. The number of ether oxygens (including phenoxy) is 2. The number of rotatable bonds is 3. The van der Waals surface area contributed by atoms with Crippen LogP contribution in [0.1, 0.15) is 12.8 Å². The molecule has 1 unspecified atom stereocenters. The van der Waals surface area contributed by atoms with Crippen LogP contribution >= 0.6 is 0 Å². The molecule has 0 aliphatic carbocycles. The maximum absolute atomic E-state index is 13.0. The molecule has 100 valence electrons. The van der Waals surface area contributed by atoms with Crippen LogP contribution in [-0.4, -0.2) is 26.3 Å². The third-order valence-electron chi connectivity index (χ3n) is 2.74. The third kappa shape index (κ3) is 3.16. The van der Waals surface area contributed by atoms with Crippen molar-refractivity contribution in [2.24, 2.45) is 0 Å². The second-order valence-corrected chi connectivity index (χ2v) is 4.21. The molecule has 0 aromatic heterocycles. The summed E-state index contributed by atoms with van der Waals surface area (Å²) in [6, 6.07) is 2.28. The number of benzene rings is 1. The smallest absolute Gasteiger partial charge is 0.491 e. The molecule has 0 N–H and O–H groups in total. The Morgan fingerprint density at radius 2 is 2.06 bits per heavy atom. The van der Waals surface area contributed by atoms with Crippen LogP contribution in [0.4, 0.5) is 17.3 Å². The zero-order valence-corrected chi connectivity index (χ0v) is 9.54. The van der Waals surface area contributed by atoms with Gasteiger partial charge in [0.05, 0.1) is 12.4 Å². The summed E-state index contributed by atoms with van der Waals surface area (Å²) in [4.78, 5) is 0. The van der Waals surface area contributed by atoms with E-state index in [-0.39, 0.29) is 6.61 Å². The van der Waals surface area contributed by atoms with Crippen LogP contribution < -0.4 is 10.2 Å². The Hall–Kier alpha value is -1.24. The average Bonchev–Trinajstić information content (AvgIpc) is 2.28. The molecule has 7 heteroatoms. The predicted octanol–water partition coefficient (Wildman–Crippen LogP) is 2.44. The quantitative estimate of drug-likeness (QED) is 0.616. The molecule has 1 fully saturated rings. The molecule has 1 aromatic rings. The second-order valence-electron chi connectivity index (χ2n) is 4.21.